The molecule has 7 nitrogen and oxygen atoms in total. The third-order valence-corrected chi connectivity index (χ3v) is 4.66. The maximum absolute atomic E-state index is 5.90. The van der Waals surface area contributed by atoms with E-state index in [1.807, 2.05) is 12.1 Å². The molecule has 0 bridgehead atoms. The van der Waals surface area contributed by atoms with Crippen molar-refractivity contribution < 1.29 is 0 Å². The number of aromatic nitrogens is 4. The van der Waals surface area contributed by atoms with Gasteiger partial charge >= 0.3 is 0 Å². The highest BCUT2D eigenvalue weighted by atomic mass is 15.1. The second kappa shape index (κ2) is 6.51. The van der Waals surface area contributed by atoms with Crippen molar-refractivity contribution in [2.75, 3.05) is 16.8 Å². The molecule has 0 spiro atoms. The average molecular weight is 335 g/mol. The molecule has 1 aliphatic rings. The van der Waals surface area contributed by atoms with Crippen LogP contribution in [0.25, 0.3) is 22.0 Å². The first-order valence-corrected chi connectivity index (χ1v) is 8.61. The Labute approximate surface area is 145 Å². The minimum atomic E-state index is 0.264. The lowest BCUT2D eigenvalue weighted by Crippen LogP contribution is -2.23. The number of anilines is 3. The van der Waals surface area contributed by atoms with Gasteiger partial charge in [0.1, 0.15) is 5.82 Å². The Balaban J connectivity index is 1.75. The van der Waals surface area contributed by atoms with E-state index in [2.05, 4.69) is 31.3 Å². The predicted octanol–water partition coefficient (Wildman–Crippen LogP) is 3.00. The summed E-state index contributed by atoms with van der Waals surface area (Å²) >= 11 is 0. The van der Waals surface area contributed by atoms with Crippen molar-refractivity contribution in [2.24, 2.45) is 0 Å². The number of rotatable bonds is 3. The fraction of sp³-hybridized carbons (Fsp3) is 0.333. The van der Waals surface area contributed by atoms with Crippen molar-refractivity contribution in [2.45, 2.75) is 38.1 Å². The molecule has 5 N–H and O–H groups in total. The number of hydrogen-bond acceptors (Lipinski definition) is 7. The van der Waals surface area contributed by atoms with Crippen LogP contribution in [0.2, 0.25) is 0 Å². The summed E-state index contributed by atoms with van der Waals surface area (Å²) in [5.41, 5.74) is 14.2. The molecule has 2 heterocycles. The zero-order valence-corrected chi connectivity index (χ0v) is 13.9. The average Bonchev–Trinajstić information content (AvgIpc) is 2.63. The van der Waals surface area contributed by atoms with Crippen molar-refractivity contribution >= 4 is 28.6 Å². The highest BCUT2D eigenvalue weighted by molar-refractivity contribution is 5.93. The Morgan fingerprint density at radius 3 is 2.40 bits per heavy atom. The van der Waals surface area contributed by atoms with E-state index < -0.39 is 0 Å². The normalized spacial score (nSPS) is 15.4. The smallest absolute Gasteiger partial charge is 0.222 e. The van der Waals surface area contributed by atoms with E-state index in [-0.39, 0.29) is 11.9 Å². The summed E-state index contributed by atoms with van der Waals surface area (Å²) in [6.45, 7) is 0. The van der Waals surface area contributed by atoms with Crippen LogP contribution in [0.15, 0.2) is 30.6 Å². The monoisotopic (exact) mass is 335 g/mol. The Hall–Kier alpha value is -2.96. The maximum Gasteiger partial charge on any atom is 0.222 e. The molecule has 1 aromatic carbocycles. The van der Waals surface area contributed by atoms with Crippen LogP contribution in [0.3, 0.4) is 0 Å². The molecule has 0 amide bonds. The first-order chi connectivity index (χ1) is 12.2. The van der Waals surface area contributed by atoms with Gasteiger partial charge in [0, 0.05) is 29.4 Å². The van der Waals surface area contributed by atoms with Crippen molar-refractivity contribution in [3.05, 3.63) is 30.6 Å². The summed E-state index contributed by atoms with van der Waals surface area (Å²) in [6.07, 6.45) is 9.58. The highest BCUT2D eigenvalue weighted by Crippen LogP contribution is 2.29. The standard InChI is InChI=1S/C18H21N7/c19-17-21-9-12(10-22-17)11-6-7-15-14(8-11)16(25-18(20)24-15)23-13-4-2-1-3-5-13/h6-10,13H,1-5H2,(H2,19,21,22)(H3,20,23,24,25). The second-order valence-electron chi connectivity index (χ2n) is 6.47. The molecule has 0 radical (unpaired) electrons. The van der Waals surface area contributed by atoms with Crippen LogP contribution in [0.1, 0.15) is 32.1 Å². The Morgan fingerprint density at radius 1 is 0.880 bits per heavy atom. The number of hydrogen-bond donors (Lipinski definition) is 3. The van der Waals surface area contributed by atoms with Crippen LogP contribution in [-0.4, -0.2) is 26.0 Å². The van der Waals surface area contributed by atoms with Crippen molar-refractivity contribution in [3.63, 3.8) is 0 Å². The zero-order valence-electron chi connectivity index (χ0n) is 13.9. The topological polar surface area (TPSA) is 116 Å². The third kappa shape index (κ3) is 3.31. The summed E-state index contributed by atoms with van der Waals surface area (Å²) in [5, 5.41) is 4.52. The fourth-order valence-electron chi connectivity index (χ4n) is 3.36. The molecule has 7 heteroatoms. The van der Waals surface area contributed by atoms with E-state index in [1.165, 1.54) is 19.3 Å². The fourth-order valence-corrected chi connectivity index (χ4v) is 3.36. The molecule has 0 atom stereocenters. The Kier molecular flexibility index (Phi) is 4.05. The van der Waals surface area contributed by atoms with E-state index in [9.17, 15) is 0 Å². The summed E-state index contributed by atoms with van der Waals surface area (Å²) in [4.78, 5) is 16.9. The molecule has 0 saturated heterocycles. The van der Waals surface area contributed by atoms with Gasteiger partial charge < -0.3 is 16.8 Å². The number of nitrogens with two attached hydrogens (primary N) is 2. The third-order valence-electron chi connectivity index (χ3n) is 4.66. The summed E-state index contributed by atoms with van der Waals surface area (Å²) in [5.74, 6) is 1.35. The first-order valence-electron chi connectivity index (χ1n) is 8.61. The van der Waals surface area contributed by atoms with Crippen LogP contribution >= 0.6 is 0 Å². The number of nitrogens with zero attached hydrogens (tertiary/aromatic N) is 4. The molecular formula is C18H21N7. The van der Waals surface area contributed by atoms with Crippen LogP contribution in [0, 0.1) is 0 Å². The van der Waals surface area contributed by atoms with Gasteiger partial charge in [-0.1, -0.05) is 25.3 Å². The molecule has 4 rings (SSSR count). The van der Waals surface area contributed by atoms with Gasteiger partial charge in [-0.25, -0.2) is 15.0 Å². The lowest BCUT2D eigenvalue weighted by molar-refractivity contribution is 0.462. The number of nitrogen functional groups attached to an aromatic ring is 2. The molecule has 0 unspecified atom stereocenters. The predicted molar refractivity (Wildman–Crippen MR) is 99.9 cm³/mol. The second-order valence-corrected chi connectivity index (χ2v) is 6.47. The maximum atomic E-state index is 5.90. The molecule has 1 aliphatic carbocycles. The number of fused-ring (bicyclic) bond motifs is 1. The van der Waals surface area contributed by atoms with Crippen molar-refractivity contribution in [1.29, 1.82) is 0 Å². The van der Waals surface area contributed by atoms with Gasteiger partial charge in [-0.15, -0.1) is 0 Å². The Bertz CT molecular complexity index is 886. The van der Waals surface area contributed by atoms with Gasteiger partial charge in [-0.3, -0.25) is 0 Å². The Morgan fingerprint density at radius 2 is 1.64 bits per heavy atom. The van der Waals surface area contributed by atoms with Crippen LogP contribution in [0.4, 0.5) is 17.7 Å². The lowest BCUT2D eigenvalue weighted by atomic mass is 9.95. The molecule has 1 saturated carbocycles. The van der Waals surface area contributed by atoms with Gasteiger partial charge in [-0.05, 0) is 30.5 Å². The molecule has 1 fully saturated rings. The summed E-state index contributed by atoms with van der Waals surface area (Å²) < 4.78 is 0. The molecule has 0 aliphatic heterocycles. The molecule has 2 aromatic heterocycles. The summed E-state index contributed by atoms with van der Waals surface area (Å²) in [7, 11) is 0. The van der Waals surface area contributed by atoms with Crippen LogP contribution in [-0.2, 0) is 0 Å². The van der Waals surface area contributed by atoms with E-state index in [4.69, 9.17) is 11.5 Å². The van der Waals surface area contributed by atoms with Crippen LogP contribution in [0.5, 0.6) is 0 Å². The summed E-state index contributed by atoms with van der Waals surface area (Å²) in [6, 6.07) is 6.42. The zero-order chi connectivity index (χ0) is 17.2. The van der Waals surface area contributed by atoms with Gasteiger partial charge in [0.15, 0.2) is 0 Å². The van der Waals surface area contributed by atoms with E-state index >= 15 is 0 Å². The molecule has 3 aromatic rings. The molecule has 128 valence electrons. The number of nitrogens with one attached hydrogen (secondary N) is 1. The van der Waals surface area contributed by atoms with Gasteiger partial charge in [0.25, 0.3) is 0 Å². The van der Waals surface area contributed by atoms with E-state index in [0.29, 0.717) is 6.04 Å². The van der Waals surface area contributed by atoms with Crippen molar-refractivity contribution in [1.82, 2.24) is 19.9 Å². The highest BCUT2D eigenvalue weighted by Gasteiger charge is 2.16. The van der Waals surface area contributed by atoms with E-state index in [0.717, 1.165) is 40.7 Å². The lowest BCUT2D eigenvalue weighted by Gasteiger charge is -2.24. The van der Waals surface area contributed by atoms with Crippen molar-refractivity contribution in [3.8, 4) is 11.1 Å². The van der Waals surface area contributed by atoms with Crippen LogP contribution < -0.4 is 16.8 Å². The minimum Gasteiger partial charge on any atom is -0.368 e. The van der Waals surface area contributed by atoms with Gasteiger partial charge in [0.2, 0.25) is 11.9 Å². The SMILES string of the molecule is Nc1ncc(-c2ccc3nc(N)nc(NC4CCCCC4)c3c2)cn1. The largest absolute Gasteiger partial charge is 0.368 e. The minimum absolute atomic E-state index is 0.264. The first kappa shape index (κ1) is 15.6. The van der Waals surface area contributed by atoms with Gasteiger partial charge in [0.05, 0.1) is 5.52 Å². The van der Waals surface area contributed by atoms with E-state index in [1.54, 1.807) is 12.4 Å². The quantitative estimate of drug-likeness (QED) is 0.673. The molecule has 25 heavy (non-hydrogen) atoms. The number of benzene rings is 1. The van der Waals surface area contributed by atoms with Gasteiger partial charge in [-0.2, -0.15) is 4.98 Å². The molecular weight excluding hydrogens is 314 g/mol.